The lowest BCUT2D eigenvalue weighted by Crippen LogP contribution is -2.26. The Hall–Kier alpha value is -1.65. The van der Waals surface area contributed by atoms with Gasteiger partial charge in [0.25, 0.3) is 0 Å². The van der Waals surface area contributed by atoms with Crippen LogP contribution in [0.3, 0.4) is 0 Å². The summed E-state index contributed by atoms with van der Waals surface area (Å²) in [6, 6.07) is 0. The molecule has 0 spiro atoms. The van der Waals surface area contributed by atoms with Crippen LogP contribution in [-0.4, -0.2) is 30.4 Å². The van der Waals surface area contributed by atoms with Crippen LogP contribution in [0.4, 0.5) is 0 Å². The Morgan fingerprint density at radius 1 is 0.727 bits per heavy atom. The first-order chi connectivity index (χ1) is 21.5. The fraction of sp³-hybridized carbons (Fsp3) is 0.872. The summed E-state index contributed by atoms with van der Waals surface area (Å²) >= 11 is 0. The molecule has 5 heteroatoms. The zero-order valence-corrected chi connectivity index (χ0v) is 29.4. The summed E-state index contributed by atoms with van der Waals surface area (Å²) in [5, 5.41) is 0. The number of allylic oxidation sites excluding steroid dienone is 2. The number of hydrogen-bond donors (Lipinski definition) is 0. The summed E-state index contributed by atoms with van der Waals surface area (Å²) in [5.41, 5.74) is 0. The van der Waals surface area contributed by atoms with E-state index in [0.29, 0.717) is 19.3 Å². The Labute approximate surface area is 272 Å². The van der Waals surface area contributed by atoms with Gasteiger partial charge in [-0.05, 0) is 50.9 Å². The average Bonchev–Trinajstić information content (AvgIpc) is 3.35. The molecule has 1 aliphatic carbocycles. The summed E-state index contributed by atoms with van der Waals surface area (Å²) in [4.78, 5) is 38.7. The van der Waals surface area contributed by atoms with E-state index in [9.17, 15) is 14.4 Å². The molecule has 4 unspecified atom stereocenters. The third kappa shape index (κ3) is 19.7. The smallest absolute Gasteiger partial charge is 0.309 e. The maximum atomic E-state index is 13.5. The molecule has 0 bridgehead atoms. The Kier molecular flexibility index (Phi) is 25.4. The molecule has 1 rings (SSSR count). The van der Waals surface area contributed by atoms with Crippen molar-refractivity contribution < 1.29 is 23.9 Å². The van der Waals surface area contributed by atoms with Gasteiger partial charge in [0.15, 0.2) is 0 Å². The van der Waals surface area contributed by atoms with E-state index in [1.54, 1.807) is 0 Å². The first-order valence-corrected chi connectivity index (χ1v) is 19.0. The van der Waals surface area contributed by atoms with Crippen molar-refractivity contribution >= 4 is 17.7 Å². The Morgan fingerprint density at radius 2 is 1.27 bits per heavy atom. The SMILES string of the molecule is CC/C=C\CC1C(=O)CCC1CC(=O)OCCC(CCCCCCCC)OC(=O)C(CCCCCC)CCCCCCCC. The van der Waals surface area contributed by atoms with E-state index in [4.69, 9.17) is 9.47 Å². The number of hydrogen-bond acceptors (Lipinski definition) is 5. The molecule has 44 heavy (non-hydrogen) atoms. The molecule has 0 aromatic rings. The maximum Gasteiger partial charge on any atom is 0.309 e. The molecule has 0 aromatic heterocycles. The van der Waals surface area contributed by atoms with Gasteiger partial charge in [-0.2, -0.15) is 0 Å². The van der Waals surface area contributed by atoms with Crippen molar-refractivity contribution in [3.05, 3.63) is 12.2 Å². The van der Waals surface area contributed by atoms with Crippen LogP contribution in [0.1, 0.15) is 188 Å². The van der Waals surface area contributed by atoms with Crippen molar-refractivity contribution in [3.63, 3.8) is 0 Å². The maximum absolute atomic E-state index is 13.5. The summed E-state index contributed by atoms with van der Waals surface area (Å²) < 4.78 is 11.9. The van der Waals surface area contributed by atoms with Crippen LogP contribution in [-0.2, 0) is 23.9 Å². The van der Waals surface area contributed by atoms with Gasteiger partial charge in [0.05, 0.1) is 12.5 Å². The van der Waals surface area contributed by atoms with Gasteiger partial charge >= 0.3 is 11.9 Å². The van der Waals surface area contributed by atoms with E-state index in [-0.39, 0.29) is 48.2 Å². The van der Waals surface area contributed by atoms with Crippen molar-refractivity contribution in [2.75, 3.05) is 6.61 Å². The number of Topliss-reactive ketones (excluding diaryl/α,β-unsaturated/α-hetero) is 1. The number of esters is 2. The number of ketones is 1. The number of ether oxygens (including phenoxy) is 2. The summed E-state index contributed by atoms with van der Waals surface area (Å²) in [6.07, 6.45) is 29.7. The normalized spacial score (nSPS) is 18.1. The highest BCUT2D eigenvalue weighted by Crippen LogP contribution is 2.34. The second-order valence-electron chi connectivity index (χ2n) is 13.4. The van der Waals surface area contributed by atoms with Gasteiger partial charge in [-0.1, -0.05) is 136 Å². The van der Waals surface area contributed by atoms with Gasteiger partial charge in [-0.25, -0.2) is 0 Å². The molecule has 256 valence electrons. The van der Waals surface area contributed by atoms with Crippen LogP contribution >= 0.6 is 0 Å². The van der Waals surface area contributed by atoms with Gasteiger partial charge in [0.1, 0.15) is 11.9 Å². The number of carbonyl (C=O) groups is 3. The molecule has 1 saturated carbocycles. The molecular weight excluding hydrogens is 548 g/mol. The molecular formula is C39H70O5. The zero-order valence-electron chi connectivity index (χ0n) is 29.4. The van der Waals surface area contributed by atoms with Crippen LogP contribution in [0.5, 0.6) is 0 Å². The lowest BCUT2D eigenvalue weighted by atomic mass is 9.89. The van der Waals surface area contributed by atoms with Crippen molar-refractivity contribution in [1.29, 1.82) is 0 Å². The molecule has 0 N–H and O–H groups in total. The first kappa shape index (κ1) is 40.4. The van der Waals surface area contributed by atoms with Crippen molar-refractivity contribution in [3.8, 4) is 0 Å². The topological polar surface area (TPSA) is 69.7 Å². The molecule has 1 fully saturated rings. The van der Waals surface area contributed by atoms with E-state index < -0.39 is 0 Å². The minimum Gasteiger partial charge on any atom is -0.466 e. The molecule has 0 amide bonds. The van der Waals surface area contributed by atoms with E-state index in [1.807, 2.05) is 0 Å². The summed E-state index contributed by atoms with van der Waals surface area (Å²) in [5.74, 6) is 0.00255. The number of rotatable bonds is 29. The Bertz CT molecular complexity index is 760. The molecule has 0 aromatic carbocycles. The summed E-state index contributed by atoms with van der Waals surface area (Å²) in [6.45, 7) is 9.05. The molecule has 0 heterocycles. The third-order valence-electron chi connectivity index (χ3n) is 9.48. The van der Waals surface area contributed by atoms with E-state index in [0.717, 1.165) is 64.2 Å². The van der Waals surface area contributed by atoms with Crippen LogP contribution in [0.25, 0.3) is 0 Å². The quantitative estimate of drug-likeness (QED) is 0.0474. The predicted octanol–water partition coefficient (Wildman–Crippen LogP) is 11.3. The molecule has 4 atom stereocenters. The van der Waals surface area contributed by atoms with Gasteiger partial charge < -0.3 is 9.47 Å². The second kappa shape index (κ2) is 27.6. The molecule has 0 radical (unpaired) electrons. The van der Waals surface area contributed by atoms with E-state index in [1.165, 1.54) is 77.0 Å². The van der Waals surface area contributed by atoms with Crippen LogP contribution < -0.4 is 0 Å². The minimum absolute atomic E-state index is 0.0220. The highest BCUT2D eigenvalue weighted by Gasteiger charge is 2.35. The molecule has 0 saturated heterocycles. The van der Waals surface area contributed by atoms with Crippen LogP contribution in [0, 0.1) is 17.8 Å². The van der Waals surface area contributed by atoms with E-state index >= 15 is 0 Å². The van der Waals surface area contributed by atoms with Gasteiger partial charge in [0, 0.05) is 25.2 Å². The standard InChI is InChI=1S/C39H70O5/c1-5-9-13-16-18-22-25-33(24-21-15-11-7-3)39(42)44-35(26-23-19-17-14-10-6-2)30-31-43-38(41)32-34-28-29-37(40)36(34)27-20-12-8-4/h12,20,33-36H,5-11,13-19,21-32H2,1-4H3/b20-12-. The van der Waals surface area contributed by atoms with Gasteiger partial charge in [0.2, 0.25) is 0 Å². The van der Waals surface area contributed by atoms with Gasteiger partial charge in [-0.3, -0.25) is 14.4 Å². The zero-order chi connectivity index (χ0) is 32.3. The average molecular weight is 619 g/mol. The molecule has 1 aliphatic rings. The van der Waals surface area contributed by atoms with Crippen molar-refractivity contribution in [1.82, 2.24) is 0 Å². The molecule has 5 nitrogen and oxygen atoms in total. The highest BCUT2D eigenvalue weighted by atomic mass is 16.6. The largest absolute Gasteiger partial charge is 0.466 e. The summed E-state index contributed by atoms with van der Waals surface area (Å²) in [7, 11) is 0. The predicted molar refractivity (Wildman–Crippen MR) is 184 cm³/mol. The highest BCUT2D eigenvalue weighted by molar-refractivity contribution is 5.84. The van der Waals surface area contributed by atoms with Gasteiger partial charge in [-0.15, -0.1) is 0 Å². The second-order valence-corrected chi connectivity index (χ2v) is 13.4. The Morgan fingerprint density at radius 3 is 1.86 bits per heavy atom. The number of carbonyl (C=O) groups excluding carboxylic acids is 3. The fourth-order valence-electron chi connectivity index (χ4n) is 6.58. The van der Waals surface area contributed by atoms with Crippen molar-refractivity contribution in [2.45, 2.75) is 194 Å². The first-order valence-electron chi connectivity index (χ1n) is 19.0. The third-order valence-corrected chi connectivity index (χ3v) is 9.48. The monoisotopic (exact) mass is 619 g/mol. The van der Waals surface area contributed by atoms with Crippen LogP contribution in [0.15, 0.2) is 12.2 Å². The minimum atomic E-state index is -0.226. The van der Waals surface area contributed by atoms with Crippen LogP contribution in [0.2, 0.25) is 0 Å². The van der Waals surface area contributed by atoms with E-state index in [2.05, 4.69) is 39.8 Å². The lowest BCUT2D eigenvalue weighted by molar-refractivity contribution is -0.157. The van der Waals surface area contributed by atoms with Crippen molar-refractivity contribution in [2.24, 2.45) is 17.8 Å². The fourth-order valence-corrected chi connectivity index (χ4v) is 6.58. The number of unbranched alkanes of at least 4 members (excludes halogenated alkanes) is 13. The Balaban J connectivity index is 2.68. The lowest BCUT2D eigenvalue weighted by Gasteiger charge is -2.23. The molecule has 0 aliphatic heterocycles.